The average molecular weight is 395 g/mol. The van der Waals surface area contributed by atoms with Crippen LogP contribution in [-0.2, 0) is 7.05 Å². The first kappa shape index (κ1) is 19.0. The molecule has 2 aromatic heterocycles. The number of carbonyl (C=O) groups is 1. The standard InChI is InChI=1S/C21H22FN5O2/c1-14-13-18(29-16-8-6-15(22)7-9-16)25-19(24-14)17-5-3-4-11-27(17)21(28)20-23-10-12-26(20)2/h6-10,12-13,17H,3-5,11H2,1-2H3/t17-/m1/s1. The molecule has 4 rings (SSSR count). The zero-order valence-electron chi connectivity index (χ0n) is 16.4. The molecule has 0 saturated carbocycles. The number of piperidine rings is 1. The summed E-state index contributed by atoms with van der Waals surface area (Å²) >= 11 is 0. The van der Waals surface area contributed by atoms with Gasteiger partial charge in [0.2, 0.25) is 5.88 Å². The SMILES string of the molecule is Cc1cc(Oc2ccc(F)cc2)nc([C@H]2CCCCN2C(=O)c2nccn2C)n1. The van der Waals surface area contributed by atoms with Crippen LogP contribution in [-0.4, -0.2) is 36.9 Å². The number of hydrogen-bond donors (Lipinski definition) is 0. The lowest BCUT2D eigenvalue weighted by atomic mass is 10.0. The molecule has 1 fully saturated rings. The van der Waals surface area contributed by atoms with E-state index in [-0.39, 0.29) is 17.8 Å². The lowest BCUT2D eigenvalue weighted by molar-refractivity contribution is 0.0582. The molecule has 1 saturated heterocycles. The van der Waals surface area contributed by atoms with Crippen LogP contribution in [0.25, 0.3) is 0 Å². The molecule has 0 unspecified atom stereocenters. The van der Waals surface area contributed by atoms with Crippen molar-refractivity contribution in [2.24, 2.45) is 7.05 Å². The molecule has 0 radical (unpaired) electrons. The van der Waals surface area contributed by atoms with E-state index in [4.69, 9.17) is 4.74 Å². The Labute approximate surface area is 168 Å². The molecule has 150 valence electrons. The lowest BCUT2D eigenvalue weighted by Crippen LogP contribution is -2.40. The topological polar surface area (TPSA) is 73.1 Å². The van der Waals surface area contributed by atoms with Crippen LogP contribution < -0.4 is 4.74 Å². The molecule has 29 heavy (non-hydrogen) atoms. The molecular formula is C21H22FN5O2. The lowest BCUT2D eigenvalue weighted by Gasteiger charge is -2.34. The highest BCUT2D eigenvalue weighted by Crippen LogP contribution is 2.32. The fourth-order valence-electron chi connectivity index (χ4n) is 3.53. The highest BCUT2D eigenvalue weighted by atomic mass is 19.1. The number of aromatic nitrogens is 4. The van der Waals surface area contributed by atoms with Gasteiger partial charge in [0.25, 0.3) is 5.91 Å². The maximum absolute atomic E-state index is 13.1. The summed E-state index contributed by atoms with van der Waals surface area (Å²) in [6.07, 6.45) is 6.06. The average Bonchev–Trinajstić information content (AvgIpc) is 3.15. The Morgan fingerprint density at radius 1 is 1.21 bits per heavy atom. The van der Waals surface area contributed by atoms with E-state index in [2.05, 4.69) is 15.0 Å². The number of likely N-dealkylation sites (tertiary alicyclic amines) is 1. The first-order valence-corrected chi connectivity index (χ1v) is 9.58. The van der Waals surface area contributed by atoms with Crippen LogP contribution in [0.2, 0.25) is 0 Å². The van der Waals surface area contributed by atoms with E-state index in [1.807, 2.05) is 6.92 Å². The Balaban J connectivity index is 1.63. The van der Waals surface area contributed by atoms with E-state index in [9.17, 15) is 9.18 Å². The van der Waals surface area contributed by atoms with Gasteiger partial charge in [-0.05, 0) is 50.5 Å². The summed E-state index contributed by atoms with van der Waals surface area (Å²) in [4.78, 5) is 28.2. The van der Waals surface area contributed by atoms with Crippen molar-refractivity contribution < 1.29 is 13.9 Å². The maximum Gasteiger partial charge on any atom is 0.290 e. The third-order valence-electron chi connectivity index (χ3n) is 4.96. The fraction of sp³-hybridized carbons (Fsp3) is 0.333. The summed E-state index contributed by atoms with van der Waals surface area (Å²) in [6.45, 7) is 2.48. The maximum atomic E-state index is 13.1. The Morgan fingerprint density at radius 3 is 2.72 bits per heavy atom. The Morgan fingerprint density at radius 2 is 2.00 bits per heavy atom. The first-order chi connectivity index (χ1) is 14.0. The Bertz CT molecular complexity index is 1020. The van der Waals surface area contributed by atoms with Crippen LogP contribution in [0, 0.1) is 12.7 Å². The molecule has 0 spiro atoms. The number of nitrogens with zero attached hydrogens (tertiary/aromatic N) is 5. The molecule has 1 aliphatic rings. The molecule has 0 aliphatic carbocycles. The molecular weight excluding hydrogens is 373 g/mol. The van der Waals surface area contributed by atoms with E-state index in [1.165, 1.54) is 12.1 Å². The molecule has 1 amide bonds. The van der Waals surface area contributed by atoms with Gasteiger partial charge in [-0.25, -0.2) is 14.4 Å². The van der Waals surface area contributed by atoms with Crippen LogP contribution in [0.1, 0.15) is 47.4 Å². The van der Waals surface area contributed by atoms with Crippen molar-refractivity contribution in [3.63, 3.8) is 0 Å². The zero-order valence-corrected chi connectivity index (χ0v) is 16.4. The van der Waals surface area contributed by atoms with Crippen molar-refractivity contribution in [3.8, 4) is 11.6 Å². The number of rotatable bonds is 4. The third kappa shape index (κ3) is 4.11. The van der Waals surface area contributed by atoms with Crippen molar-refractivity contribution in [2.45, 2.75) is 32.2 Å². The van der Waals surface area contributed by atoms with E-state index in [0.29, 0.717) is 29.8 Å². The van der Waals surface area contributed by atoms with E-state index >= 15 is 0 Å². The number of hydrogen-bond acceptors (Lipinski definition) is 5. The zero-order chi connectivity index (χ0) is 20.4. The number of halogens is 1. The van der Waals surface area contributed by atoms with Crippen LogP contribution in [0.3, 0.4) is 0 Å². The monoisotopic (exact) mass is 395 g/mol. The molecule has 3 aromatic rings. The molecule has 3 heterocycles. The second kappa shape index (κ2) is 7.98. The summed E-state index contributed by atoms with van der Waals surface area (Å²) in [5.74, 6) is 1.33. The largest absolute Gasteiger partial charge is 0.439 e. The molecule has 0 bridgehead atoms. The predicted octanol–water partition coefficient (Wildman–Crippen LogP) is 3.82. The Kier molecular flexibility index (Phi) is 5.24. The molecule has 1 aliphatic heterocycles. The second-order valence-corrected chi connectivity index (χ2v) is 7.13. The summed E-state index contributed by atoms with van der Waals surface area (Å²) in [5, 5.41) is 0. The summed E-state index contributed by atoms with van der Waals surface area (Å²) < 4.78 is 20.6. The Hall–Kier alpha value is -3.29. The minimum Gasteiger partial charge on any atom is -0.439 e. The minimum absolute atomic E-state index is 0.131. The van der Waals surface area contributed by atoms with Gasteiger partial charge < -0.3 is 14.2 Å². The van der Waals surface area contributed by atoms with Crippen molar-refractivity contribution in [1.82, 2.24) is 24.4 Å². The second-order valence-electron chi connectivity index (χ2n) is 7.13. The van der Waals surface area contributed by atoms with Gasteiger partial charge in [-0.2, -0.15) is 4.98 Å². The highest BCUT2D eigenvalue weighted by molar-refractivity contribution is 5.91. The van der Waals surface area contributed by atoms with Crippen LogP contribution in [0.4, 0.5) is 4.39 Å². The highest BCUT2D eigenvalue weighted by Gasteiger charge is 2.32. The van der Waals surface area contributed by atoms with Gasteiger partial charge in [0.05, 0.1) is 6.04 Å². The minimum atomic E-state index is -0.331. The predicted molar refractivity (Wildman–Crippen MR) is 104 cm³/mol. The van der Waals surface area contributed by atoms with Gasteiger partial charge >= 0.3 is 0 Å². The number of aryl methyl sites for hydroxylation is 2. The molecule has 0 N–H and O–H groups in total. The molecule has 1 atom stereocenters. The molecule has 8 heteroatoms. The van der Waals surface area contributed by atoms with Crippen LogP contribution in [0.15, 0.2) is 42.7 Å². The number of carbonyl (C=O) groups excluding carboxylic acids is 1. The molecule has 7 nitrogen and oxygen atoms in total. The summed E-state index contributed by atoms with van der Waals surface area (Å²) in [6, 6.07) is 7.23. The van der Waals surface area contributed by atoms with Gasteiger partial charge in [-0.3, -0.25) is 4.79 Å². The van der Waals surface area contributed by atoms with E-state index < -0.39 is 0 Å². The van der Waals surface area contributed by atoms with Crippen molar-refractivity contribution >= 4 is 5.91 Å². The fourth-order valence-corrected chi connectivity index (χ4v) is 3.53. The van der Waals surface area contributed by atoms with Crippen LogP contribution in [0.5, 0.6) is 11.6 Å². The summed E-state index contributed by atoms with van der Waals surface area (Å²) in [7, 11) is 1.80. The van der Waals surface area contributed by atoms with Gasteiger partial charge in [0.15, 0.2) is 11.6 Å². The number of benzene rings is 1. The normalized spacial score (nSPS) is 16.7. The van der Waals surface area contributed by atoms with Gasteiger partial charge in [0.1, 0.15) is 11.6 Å². The van der Waals surface area contributed by atoms with Gasteiger partial charge in [-0.15, -0.1) is 0 Å². The van der Waals surface area contributed by atoms with Crippen LogP contribution >= 0.6 is 0 Å². The van der Waals surface area contributed by atoms with Crippen molar-refractivity contribution in [3.05, 3.63) is 65.9 Å². The first-order valence-electron chi connectivity index (χ1n) is 9.58. The molecule has 1 aromatic carbocycles. The number of imidazole rings is 1. The van der Waals surface area contributed by atoms with Crippen molar-refractivity contribution in [2.75, 3.05) is 6.54 Å². The quantitative estimate of drug-likeness (QED) is 0.672. The summed E-state index contributed by atoms with van der Waals surface area (Å²) in [5.41, 5.74) is 0.738. The van der Waals surface area contributed by atoms with Crippen molar-refractivity contribution in [1.29, 1.82) is 0 Å². The van der Waals surface area contributed by atoms with Gasteiger partial charge in [0, 0.05) is 37.7 Å². The van der Waals surface area contributed by atoms with E-state index in [1.54, 1.807) is 47.1 Å². The number of amides is 1. The smallest absolute Gasteiger partial charge is 0.290 e. The van der Waals surface area contributed by atoms with Gasteiger partial charge in [-0.1, -0.05) is 0 Å². The van der Waals surface area contributed by atoms with E-state index in [0.717, 1.165) is 25.0 Å². The number of ether oxygens (including phenoxy) is 1. The third-order valence-corrected chi connectivity index (χ3v) is 4.96.